The highest BCUT2D eigenvalue weighted by molar-refractivity contribution is 14.1. The van der Waals surface area contributed by atoms with Crippen LogP contribution in [-0.2, 0) is 0 Å². The van der Waals surface area contributed by atoms with Crippen LogP contribution in [0, 0.1) is 14.9 Å². The summed E-state index contributed by atoms with van der Waals surface area (Å²) in [6, 6.07) is 9.47. The number of aromatic nitrogens is 2. The molecule has 4 nitrogen and oxygen atoms in total. The van der Waals surface area contributed by atoms with E-state index in [1.54, 1.807) is 0 Å². The molecular formula is C11H6IN3O. The van der Waals surface area contributed by atoms with E-state index in [-0.39, 0.29) is 5.69 Å². The average Bonchev–Trinajstić information content (AvgIpc) is 2.33. The van der Waals surface area contributed by atoms with Crippen molar-refractivity contribution < 1.29 is 4.74 Å². The minimum absolute atomic E-state index is 0.273. The molecule has 78 valence electrons. The zero-order chi connectivity index (χ0) is 11.4. The normalized spacial score (nSPS) is 9.50. The lowest BCUT2D eigenvalue weighted by Gasteiger charge is -2.03. The lowest BCUT2D eigenvalue weighted by molar-refractivity contribution is 0.460. The number of rotatable bonds is 2. The third kappa shape index (κ3) is 2.67. The van der Waals surface area contributed by atoms with Crippen LogP contribution in [0.15, 0.2) is 36.7 Å². The van der Waals surface area contributed by atoms with Crippen molar-refractivity contribution in [2.24, 2.45) is 0 Å². The molecule has 1 aromatic heterocycles. The van der Waals surface area contributed by atoms with E-state index in [1.807, 2.05) is 30.3 Å². The van der Waals surface area contributed by atoms with E-state index >= 15 is 0 Å². The Balaban J connectivity index is 2.15. The molecule has 16 heavy (non-hydrogen) atoms. The van der Waals surface area contributed by atoms with Crippen LogP contribution in [0.25, 0.3) is 0 Å². The Morgan fingerprint density at radius 3 is 2.44 bits per heavy atom. The average molecular weight is 323 g/mol. The summed E-state index contributed by atoms with van der Waals surface area (Å²) in [4.78, 5) is 7.82. The number of hydrogen-bond donors (Lipinski definition) is 0. The van der Waals surface area contributed by atoms with Crippen LogP contribution in [0.2, 0.25) is 0 Å². The Labute approximate surface area is 106 Å². The molecule has 0 amide bonds. The Morgan fingerprint density at radius 1 is 1.12 bits per heavy atom. The molecule has 1 aromatic carbocycles. The van der Waals surface area contributed by atoms with Crippen molar-refractivity contribution in [3.63, 3.8) is 0 Å². The summed E-state index contributed by atoms with van der Waals surface area (Å²) >= 11 is 2.22. The first-order chi connectivity index (χ1) is 7.78. The number of halogens is 1. The lowest BCUT2D eigenvalue weighted by atomic mass is 10.3. The Morgan fingerprint density at radius 2 is 1.88 bits per heavy atom. The van der Waals surface area contributed by atoms with Crippen LogP contribution in [0.1, 0.15) is 5.69 Å². The van der Waals surface area contributed by atoms with Crippen molar-refractivity contribution in [3.05, 3.63) is 45.9 Å². The van der Waals surface area contributed by atoms with Gasteiger partial charge in [-0.25, -0.2) is 9.97 Å². The molecule has 0 aliphatic heterocycles. The summed E-state index contributed by atoms with van der Waals surface area (Å²) < 4.78 is 6.58. The largest absolute Gasteiger partial charge is 0.438 e. The molecule has 0 fully saturated rings. The van der Waals surface area contributed by atoms with Crippen LogP contribution in [0.5, 0.6) is 11.6 Å². The monoisotopic (exact) mass is 323 g/mol. The van der Waals surface area contributed by atoms with E-state index in [1.165, 1.54) is 12.4 Å². The zero-order valence-electron chi connectivity index (χ0n) is 8.09. The fourth-order valence-corrected chi connectivity index (χ4v) is 1.41. The van der Waals surface area contributed by atoms with E-state index in [2.05, 4.69) is 32.6 Å². The maximum absolute atomic E-state index is 8.55. The molecular weight excluding hydrogens is 317 g/mol. The van der Waals surface area contributed by atoms with Crippen molar-refractivity contribution in [1.82, 2.24) is 9.97 Å². The van der Waals surface area contributed by atoms with Crippen molar-refractivity contribution in [1.29, 1.82) is 5.26 Å². The Bertz CT molecular complexity index is 516. The number of ether oxygens (including phenoxy) is 1. The standard InChI is InChI=1S/C11H6IN3O/c12-8-1-3-10(4-2-8)16-11-7-14-9(5-13)6-15-11/h1-4,6-7H. The summed E-state index contributed by atoms with van der Waals surface area (Å²) in [6.45, 7) is 0. The van der Waals surface area contributed by atoms with Crippen LogP contribution in [-0.4, -0.2) is 9.97 Å². The van der Waals surface area contributed by atoms with Gasteiger partial charge in [-0.15, -0.1) is 0 Å². The molecule has 0 unspecified atom stereocenters. The second kappa shape index (κ2) is 4.90. The van der Waals surface area contributed by atoms with Gasteiger partial charge in [0.2, 0.25) is 5.88 Å². The van der Waals surface area contributed by atoms with Crippen molar-refractivity contribution in [2.75, 3.05) is 0 Å². The molecule has 0 radical (unpaired) electrons. The number of nitrogens with zero attached hydrogens (tertiary/aromatic N) is 3. The summed E-state index contributed by atoms with van der Waals surface area (Å²) in [6.07, 6.45) is 2.80. The van der Waals surface area contributed by atoms with Gasteiger partial charge in [0, 0.05) is 3.57 Å². The highest BCUT2D eigenvalue weighted by Crippen LogP contribution is 2.19. The molecule has 0 spiro atoms. The highest BCUT2D eigenvalue weighted by Gasteiger charge is 1.99. The van der Waals surface area contributed by atoms with Crippen LogP contribution in [0.3, 0.4) is 0 Å². The fourth-order valence-electron chi connectivity index (χ4n) is 1.05. The summed E-state index contributed by atoms with van der Waals surface area (Å²) in [7, 11) is 0. The smallest absolute Gasteiger partial charge is 0.237 e. The van der Waals surface area contributed by atoms with Crippen molar-refractivity contribution in [2.45, 2.75) is 0 Å². The van der Waals surface area contributed by atoms with Gasteiger partial charge in [-0.05, 0) is 46.9 Å². The second-order valence-corrected chi connectivity index (χ2v) is 4.15. The van der Waals surface area contributed by atoms with Gasteiger partial charge < -0.3 is 4.74 Å². The fraction of sp³-hybridized carbons (Fsp3) is 0. The maximum atomic E-state index is 8.55. The third-order valence-electron chi connectivity index (χ3n) is 1.78. The Kier molecular flexibility index (Phi) is 3.31. The van der Waals surface area contributed by atoms with E-state index in [4.69, 9.17) is 10.00 Å². The second-order valence-electron chi connectivity index (χ2n) is 2.91. The maximum Gasteiger partial charge on any atom is 0.237 e. The number of benzene rings is 1. The predicted octanol–water partition coefficient (Wildman–Crippen LogP) is 2.75. The molecule has 0 aliphatic carbocycles. The van der Waals surface area contributed by atoms with E-state index in [9.17, 15) is 0 Å². The Hall–Kier alpha value is -1.68. The number of hydrogen-bond acceptors (Lipinski definition) is 4. The van der Waals surface area contributed by atoms with Gasteiger partial charge in [-0.2, -0.15) is 5.26 Å². The molecule has 2 aromatic rings. The molecule has 0 N–H and O–H groups in total. The molecule has 2 rings (SSSR count). The van der Waals surface area contributed by atoms with Gasteiger partial charge in [0.15, 0.2) is 5.69 Å². The van der Waals surface area contributed by atoms with Crippen molar-refractivity contribution >= 4 is 22.6 Å². The van der Waals surface area contributed by atoms with Gasteiger partial charge in [-0.3, -0.25) is 0 Å². The quantitative estimate of drug-likeness (QED) is 0.798. The summed E-state index contributed by atoms with van der Waals surface area (Å²) in [5.41, 5.74) is 0.273. The summed E-state index contributed by atoms with van der Waals surface area (Å²) in [5.74, 6) is 1.07. The first-order valence-electron chi connectivity index (χ1n) is 4.43. The predicted molar refractivity (Wildman–Crippen MR) is 66.0 cm³/mol. The minimum Gasteiger partial charge on any atom is -0.438 e. The van der Waals surface area contributed by atoms with E-state index in [0.717, 1.165) is 3.57 Å². The zero-order valence-corrected chi connectivity index (χ0v) is 10.2. The lowest BCUT2D eigenvalue weighted by Crippen LogP contribution is -1.90. The van der Waals surface area contributed by atoms with Gasteiger partial charge in [-0.1, -0.05) is 0 Å². The molecule has 0 saturated carbocycles. The molecule has 0 bridgehead atoms. The van der Waals surface area contributed by atoms with Crippen LogP contribution in [0.4, 0.5) is 0 Å². The molecule has 0 aliphatic rings. The van der Waals surface area contributed by atoms with E-state index < -0.39 is 0 Å². The molecule has 0 saturated heterocycles. The van der Waals surface area contributed by atoms with Gasteiger partial charge in [0.1, 0.15) is 11.8 Å². The van der Waals surface area contributed by atoms with Gasteiger partial charge in [0.25, 0.3) is 0 Å². The SMILES string of the molecule is N#Cc1cnc(Oc2ccc(I)cc2)cn1. The minimum atomic E-state index is 0.273. The van der Waals surface area contributed by atoms with Crippen LogP contribution < -0.4 is 4.74 Å². The molecule has 5 heteroatoms. The van der Waals surface area contributed by atoms with Gasteiger partial charge >= 0.3 is 0 Å². The number of nitriles is 1. The van der Waals surface area contributed by atoms with Gasteiger partial charge in [0.05, 0.1) is 12.4 Å². The molecule has 0 atom stereocenters. The first kappa shape index (κ1) is 10.8. The van der Waals surface area contributed by atoms with Crippen molar-refractivity contribution in [3.8, 4) is 17.7 Å². The third-order valence-corrected chi connectivity index (χ3v) is 2.50. The summed E-state index contributed by atoms with van der Waals surface area (Å²) in [5, 5.41) is 8.55. The first-order valence-corrected chi connectivity index (χ1v) is 5.51. The van der Waals surface area contributed by atoms with E-state index in [0.29, 0.717) is 11.6 Å². The highest BCUT2D eigenvalue weighted by atomic mass is 127. The van der Waals surface area contributed by atoms with Crippen LogP contribution >= 0.6 is 22.6 Å². The topological polar surface area (TPSA) is 58.8 Å². The molecule has 1 heterocycles.